The topological polar surface area (TPSA) is 115 Å². The summed E-state index contributed by atoms with van der Waals surface area (Å²) in [5.41, 5.74) is 7.25. The van der Waals surface area contributed by atoms with E-state index in [0.29, 0.717) is 45.8 Å². The summed E-state index contributed by atoms with van der Waals surface area (Å²) in [6.07, 6.45) is 5.61. The van der Waals surface area contributed by atoms with Gasteiger partial charge in [-0.25, -0.2) is 9.67 Å². The maximum atomic E-state index is 12.8. The van der Waals surface area contributed by atoms with Gasteiger partial charge in [0.25, 0.3) is 5.56 Å². The Morgan fingerprint density at radius 2 is 2.16 bits per heavy atom. The van der Waals surface area contributed by atoms with Gasteiger partial charge in [0.2, 0.25) is 5.91 Å². The van der Waals surface area contributed by atoms with Crippen LogP contribution in [0.4, 0.5) is 11.5 Å². The van der Waals surface area contributed by atoms with Gasteiger partial charge in [-0.05, 0) is 69.6 Å². The average molecular weight is 489 g/mol. The van der Waals surface area contributed by atoms with E-state index in [9.17, 15) is 9.59 Å². The van der Waals surface area contributed by atoms with Crippen LogP contribution < -0.4 is 21.9 Å². The number of fused-ring (bicyclic) bond motifs is 2. The lowest BCUT2D eigenvalue weighted by Crippen LogP contribution is -2.58. The van der Waals surface area contributed by atoms with E-state index >= 15 is 0 Å². The number of pyridine rings is 1. The van der Waals surface area contributed by atoms with Gasteiger partial charge in [0, 0.05) is 18.8 Å². The molecule has 8 nitrogen and oxygen atoms in total. The summed E-state index contributed by atoms with van der Waals surface area (Å²) in [6.45, 7) is 7.18. The van der Waals surface area contributed by atoms with Crippen molar-refractivity contribution >= 4 is 33.3 Å². The van der Waals surface area contributed by atoms with Crippen LogP contribution in [-0.4, -0.2) is 26.7 Å². The Bertz CT molecular complexity index is 1050. The van der Waals surface area contributed by atoms with Gasteiger partial charge >= 0.3 is 0 Å². The monoisotopic (exact) mass is 488 g/mol. The standard InChI is InChI=1S/C22H29BrN6O2/c1-12-15-7-14(22(15,2)3)8-16(12)28-17-10-27-29(21(31)20(17)23)11-19(30)26-9-13-4-5-25-18(24)6-13/h4-6,10,12,14-16,28H,7-9,11H2,1-3H3,(H2,24,25)(H,26,30)/t12-,14+,15-,16-/m1/s1. The van der Waals surface area contributed by atoms with Crippen LogP contribution in [0.15, 0.2) is 33.8 Å². The van der Waals surface area contributed by atoms with Crippen molar-refractivity contribution in [3.63, 3.8) is 0 Å². The third-order valence-corrected chi connectivity index (χ3v) is 8.07. The number of halogens is 1. The molecule has 4 N–H and O–H groups in total. The van der Waals surface area contributed by atoms with Gasteiger partial charge in [0.15, 0.2) is 0 Å². The number of aromatic nitrogens is 3. The SMILES string of the molecule is C[C@@H]1[C@H]2C[C@@H](C[C@H]1Nc1cnn(CC(=O)NCc3ccnc(N)c3)c(=O)c1Br)C2(C)C. The number of nitrogens with two attached hydrogens (primary N) is 1. The van der Waals surface area contributed by atoms with Crippen LogP contribution in [0.5, 0.6) is 0 Å². The van der Waals surface area contributed by atoms with Gasteiger partial charge in [-0.2, -0.15) is 5.10 Å². The Morgan fingerprint density at radius 1 is 1.39 bits per heavy atom. The highest BCUT2D eigenvalue weighted by atomic mass is 79.9. The number of rotatable bonds is 6. The van der Waals surface area contributed by atoms with Crippen molar-refractivity contribution < 1.29 is 4.79 Å². The Labute approximate surface area is 190 Å². The molecular formula is C22H29BrN6O2. The van der Waals surface area contributed by atoms with E-state index in [4.69, 9.17) is 5.73 Å². The molecule has 3 fully saturated rings. The third kappa shape index (κ3) is 4.20. The summed E-state index contributed by atoms with van der Waals surface area (Å²) in [7, 11) is 0. The highest BCUT2D eigenvalue weighted by Crippen LogP contribution is 2.61. The number of nitrogens with one attached hydrogen (secondary N) is 2. The molecule has 9 heteroatoms. The van der Waals surface area contributed by atoms with Crippen molar-refractivity contribution in [1.82, 2.24) is 20.1 Å². The maximum Gasteiger partial charge on any atom is 0.283 e. The second-order valence-corrected chi connectivity index (χ2v) is 10.2. The highest BCUT2D eigenvalue weighted by molar-refractivity contribution is 9.10. The lowest BCUT2D eigenvalue weighted by Gasteiger charge is -2.62. The summed E-state index contributed by atoms with van der Waals surface area (Å²) in [5.74, 6) is 2.04. The molecule has 0 saturated heterocycles. The van der Waals surface area contributed by atoms with E-state index in [-0.39, 0.29) is 18.0 Å². The molecule has 0 unspecified atom stereocenters. The Hall–Kier alpha value is -2.42. The van der Waals surface area contributed by atoms with E-state index in [0.717, 1.165) is 22.6 Å². The Kier molecular flexibility index (Phi) is 5.81. The van der Waals surface area contributed by atoms with Gasteiger partial charge in [-0.15, -0.1) is 0 Å². The van der Waals surface area contributed by atoms with E-state index < -0.39 is 0 Å². The van der Waals surface area contributed by atoms with Crippen LogP contribution in [0.2, 0.25) is 0 Å². The first-order valence-electron chi connectivity index (χ1n) is 10.7. The van der Waals surface area contributed by atoms with Gasteiger partial charge in [0.05, 0.1) is 11.9 Å². The molecule has 2 bridgehead atoms. The van der Waals surface area contributed by atoms with Gasteiger partial charge in [0.1, 0.15) is 16.8 Å². The molecule has 3 saturated carbocycles. The first kappa shape index (κ1) is 21.8. The zero-order chi connectivity index (χ0) is 22.3. The zero-order valence-corrected chi connectivity index (χ0v) is 19.6. The van der Waals surface area contributed by atoms with Crippen LogP contribution in [-0.2, 0) is 17.9 Å². The molecule has 31 heavy (non-hydrogen) atoms. The lowest BCUT2D eigenvalue weighted by atomic mass is 9.45. The molecule has 3 aliphatic rings. The quantitative estimate of drug-likeness (QED) is 0.575. The minimum absolute atomic E-state index is 0.156. The van der Waals surface area contributed by atoms with Gasteiger partial charge < -0.3 is 16.4 Å². The maximum absolute atomic E-state index is 12.8. The summed E-state index contributed by atoms with van der Waals surface area (Å²) in [5, 5.41) is 10.5. The van der Waals surface area contributed by atoms with Crippen LogP contribution in [0.25, 0.3) is 0 Å². The largest absolute Gasteiger partial charge is 0.384 e. The molecule has 5 rings (SSSR count). The van der Waals surface area contributed by atoms with Crippen LogP contribution in [0.3, 0.4) is 0 Å². The molecule has 0 radical (unpaired) electrons. The summed E-state index contributed by atoms with van der Waals surface area (Å²) < 4.78 is 1.57. The number of carbonyl (C=O) groups is 1. The molecule has 4 atom stereocenters. The number of anilines is 2. The number of hydrogen-bond acceptors (Lipinski definition) is 6. The summed E-state index contributed by atoms with van der Waals surface area (Å²) >= 11 is 3.41. The number of amides is 1. The lowest BCUT2D eigenvalue weighted by molar-refractivity contribution is -0.122. The fourth-order valence-electron chi connectivity index (χ4n) is 5.22. The van der Waals surface area contributed by atoms with Crippen molar-refractivity contribution in [3.8, 4) is 0 Å². The average Bonchev–Trinajstić information content (AvgIpc) is 2.73. The van der Waals surface area contributed by atoms with Gasteiger partial charge in [-0.1, -0.05) is 20.8 Å². The summed E-state index contributed by atoms with van der Waals surface area (Å²) in [4.78, 5) is 29.0. The molecular weight excluding hydrogens is 460 g/mol. The van der Waals surface area contributed by atoms with E-state index in [1.807, 2.05) is 0 Å². The van der Waals surface area contributed by atoms with Crippen molar-refractivity contribution in [2.24, 2.45) is 23.2 Å². The third-order valence-electron chi connectivity index (χ3n) is 7.31. The number of hydrogen-bond donors (Lipinski definition) is 3. The first-order valence-corrected chi connectivity index (χ1v) is 11.5. The number of carbonyl (C=O) groups excluding carboxylic acids is 1. The number of nitrogen functional groups attached to an aromatic ring is 1. The van der Waals surface area contributed by atoms with E-state index in [1.165, 1.54) is 6.42 Å². The zero-order valence-electron chi connectivity index (χ0n) is 18.1. The van der Waals surface area contributed by atoms with Crippen molar-refractivity contribution in [3.05, 3.63) is 44.9 Å². The molecule has 3 aliphatic carbocycles. The molecule has 1 amide bonds. The summed E-state index contributed by atoms with van der Waals surface area (Å²) in [6, 6.07) is 3.79. The molecule has 0 aromatic carbocycles. The molecule has 2 aromatic rings. The first-order chi connectivity index (χ1) is 14.7. The van der Waals surface area contributed by atoms with Crippen molar-refractivity contribution in [2.45, 2.75) is 52.7 Å². The molecule has 0 aliphatic heterocycles. The Morgan fingerprint density at radius 3 is 2.84 bits per heavy atom. The number of nitrogens with zero attached hydrogens (tertiary/aromatic N) is 3. The van der Waals surface area contributed by atoms with E-state index in [1.54, 1.807) is 24.5 Å². The molecule has 2 aromatic heterocycles. The smallest absolute Gasteiger partial charge is 0.283 e. The fourth-order valence-corrected chi connectivity index (χ4v) is 5.64. The normalized spacial score (nSPS) is 26.1. The highest BCUT2D eigenvalue weighted by Gasteiger charge is 2.56. The predicted octanol–water partition coefficient (Wildman–Crippen LogP) is 2.78. The van der Waals surface area contributed by atoms with Crippen LogP contribution in [0.1, 0.15) is 39.2 Å². The minimum Gasteiger partial charge on any atom is -0.384 e. The second-order valence-electron chi connectivity index (χ2n) is 9.41. The van der Waals surface area contributed by atoms with E-state index in [2.05, 4.69) is 57.4 Å². The second kappa shape index (κ2) is 8.26. The van der Waals surface area contributed by atoms with Crippen molar-refractivity contribution in [2.75, 3.05) is 11.1 Å². The Balaban J connectivity index is 1.38. The van der Waals surface area contributed by atoms with Crippen LogP contribution in [0, 0.1) is 23.2 Å². The molecule has 2 heterocycles. The molecule has 0 spiro atoms. The van der Waals surface area contributed by atoms with Gasteiger partial charge in [-0.3, -0.25) is 9.59 Å². The predicted molar refractivity (Wildman–Crippen MR) is 123 cm³/mol. The van der Waals surface area contributed by atoms with Crippen LogP contribution >= 0.6 is 15.9 Å². The fraction of sp³-hybridized carbons (Fsp3) is 0.545. The minimum atomic E-state index is -0.331. The van der Waals surface area contributed by atoms with Crippen molar-refractivity contribution in [1.29, 1.82) is 0 Å². The molecule has 166 valence electrons.